The average Bonchev–Trinajstić information content (AvgIpc) is 3.27. The van der Waals surface area contributed by atoms with Gasteiger partial charge in [-0.05, 0) is 49.9 Å². The second-order valence-electron chi connectivity index (χ2n) is 8.19. The van der Waals surface area contributed by atoms with Gasteiger partial charge < -0.3 is 24.5 Å². The molecule has 0 aliphatic carbocycles. The SMILES string of the molecule is CCNC(=NCc1ccc(COC2CCOCC2)cc1)NC(C)c1cc2ccccc2o1.I. The predicted molar refractivity (Wildman–Crippen MR) is 143 cm³/mol. The van der Waals surface area contributed by atoms with Crippen LogP contribution in [-0.2, 0) is 22.6 Å². The molecule has 4 rings (SSSR count). The van der Waals surface area contributed by atoms with E-state index >= 15 is 0 Å². The highest BCUT2D eigenvalue weighted by molar-refractivity contribution is 14.0. The van der Waals surface area contributed by atoms with Crippen LogP contribution in [0.1, 0.15) is 49.6 Å². The number of furan rings is 1. The highest BCUT2D eigenvalue weighted by atomic mass is 127. The Hall–Kier alpha value is -2.10. The van der Waals surface area contributed by atoms with Crippen molar-refractivity contribution >= 4 is 40.9 Å². The summed E-state index contributed by atoms with van der Waals surface area (Å²) >= 11 is 0. The number of nitrogens with zero attached hydrogens (tertiary/aromatic N) is 1. The minimum Gasteiger partial charge on any atom is -0.459 e. The Labute approximate surface area is 213 Å². The van der Waals surface area contributed by atoms with Gasteiger partial charge >= 0.3 is 0 Å². The van der Waals surface area contributed by atoms with Crippen LogP contribution in [0.25, 0.3) is 11.0 Å². The van der Waals surface area contributed by atoms with Crippen molar-refractivity contribution in [1.29, 1.82) is 0 Å². The fourth-order valence-electron chi connectivity index (χ4n) is 3.78. The summed E-state index contributed by atoms with van der Waals surface area (Å²) in [4.78, 5) is 4.76. The van der Waals surface area contributed by atoms with Gasteiger partial charge in [0.1, 0.15) is 11.3 Å². The van der Waals surface area contributed by atoms with Crippen LogP contribution in [0.15, 0.2) is 64.0 Å². The number of aliphatic imine (C=N–C) groups is 1. The van der Waals surface area contributed by atoms with Crippen molar-refractivity contribution in [3.05, 3.63) is 71.5 Å². The Morgan fingerprint density at radius 2 is 1.82 bits per heavy atom. The zero-order valence-electron chi connectivity index (χ0n) is 19.4. The van der Waals surface area contributed by atoms with Crippen LogP contribution in [0.5, 0.6) is 0 Å². The molecule has 7 heteroatoms. The molecule has 1 aliphatic rings. The second-order valence-corrected chi connectivity index (χ2v) is 8.19. The van der Waals surface area contributed by atoms with Crippen molar-refractivity contribution in [2.45, 2.75) is 52.0 Å². The van der Waals surface area contributed by atoms with Crippen LogP contribution in [0.2, 0.25) is 0 Å². The number of halogens is 1. The van der Waals surface area contributed by atoms with Gasteiger partial charge in [-0.25, -0.2) is 4.99 Å². The summed E-state index contributed by atoms with van der Waals surface area (Å²) in [6.07, 6.45) is 2.29. The maximum Gasteiger partial charge on any atom is 0.192 e. The molecule has 0 saturated carbocycles. The zero-order valence-corrected chi connectivity index (χ0v) is 21.7. The molecular formula is C26H34IN3O3. The molecule has 1 aromatic heterocycles. The molecule has 2 N–H and O–H groups in total. The molecule has 0 amide bonds. The number of rotatable bonds is 8. The average molecular weight is 563 g/mol. The smallest absolute Gasteiger partial charge is 0.192 e. The van der Waals surface area contributed by atoms with Gasteiger partial charge in [-0.1, -0.05) is 42.5 Å². The van der Waals surface area contributed by atoms with E-state index in [2.05, 4.69) is 60.9 Å². The van der Waals surface area contributed by atoms with Crippen LogP contribution in [0.4, 0.5) is 0 Å². The fourth-order valence-corrected chi connectivity index (χ4v) is 3.78. The van der Waals surface area contributed by atoms with E-state index in [1.807, 2.05) is 18.2 Å². The largest absolute Gasteiger partial charge is 0.459 e. The molecule has 0 spiro atoms. The van der Waals surface area contributed by atoms with E-state index in [0.717, 1.165) is 60.9 Å². The lowest BCUT2D eigenvalue weighted by atomic mass is 10.1. The van der Waals surface area contributed by atoms with Crippen LogP contribution in [0, 0.1) is 0 Å². The van der Waals surface area contributed by atoms with E-state index in [-0.39, 0.29) is 30.0 Å². The van der Waals surface area contributed by atoms with E-state index in [9.17, 15) is 0 Å². The van der Waals surface area contributed by atoms with E-state index in [1.165, 1.54) is 5.56 Å². The van der Waals surface area contributed by atoms with Crippen molar-refractivity contribution in [3.63, 3.8) is 0 Å². The van der Waals surface area contributed by atoms with E-state index in [4.69, 9.17) is 18.9 Å². The van der Waals surface area contributed by atoms with Crippen molar-refractivity contribution < 1.29 is 13.9 Å². The maximum atomic E-state index is 6.01. The summed E-state index contributed by atoms with van der Waals surface area (Å²) in [5.74, 6) is 1.66. The molecule has 2 heterocycles. The van der Waals surface area contributed by atoms with Crippen molar-refractivity contribution in [3.8, 4) is 0 Å². The Balaban J connectivity index is 0.00000306. The number of hydrogen-bond acceptors (Lipinski definition) is 4. The molecule has 6 nitrogen and oxygen atoms in total. The Morgan fingerprint density at radius 1 is 1.09 bits per heavy atom. The van der Waals surface area contributed by atoms with E-state index in [1.54, 1.807) is 0 Å². The fraction of sp³-hybridized carbons (Fsp3) is 0.423. The van der Waals surface area contributed by atoms with Crippen molar-refractivity contribution in [1.82, 2.24) is 10.6 Å². The molecule has 2 aromatic carbocycles. The first-order valence-corrected chi connectivity index (χ1v) is 11.5. The van der Waals surface area contributed by atoms with E-state index < -0.39 is 0 Å². The first-order chi connectivity index (χ1) is 15.7. The van der Waals surface area contributed by atoms with Crippen LogP contribution >= 0.6 is 24.0 Å². The highest BCUT2D eigenvalue weighted by Gasteiger charge is 2.14. The molecule has 0 bridgehead atoms. The van der Waals surface area contributed by atoms with Gasteiger partial charge in [0.25, 0.3) is 0 Å². The molecule has 1 saturated heterocycles. The van der Waals surface area contributed by atoms with Gasteiger partial charge in [0.05, 0.1) is 25.3 Å². The summed E-state index contributed by atoms with van der Waals surface area (Å²) < 4.78 is 17.4. The zero-order chi connectivity index (χ0) is 22.2. The summed E-state index contributed by atoms with van der Waals surface area (Å²) in [5, 5.41) is 7.88. The lowest BCUT2D eigenvalue weighted by Crippen LogP contribution is -2.38. The number of ether oxygens (including phenoxy) is 2. The Bertz CT molecular complexity index is 980. The summed E-state index contributed by atoms with van der Waals surface area (Å²) in [6, 6.07) is 18.6. The lowest BCUT2D eigenvalue weighted by Gasteiger charge is -2.22. The molecule has 3 aromatic rings. The first-order valence-electron chi connectivity index (χ1n) is 11.5. The molecule has 1 unspecified atom stereocenters. The number of benzene rings is 2. The first kappa shape index (κ1) is 25.5. The summed E-state index contributed by atoms with van der Waals surface area (Å²) in [6.45, 7) is 7.80. The molecule has 1 fully saturated rings. The van der Waals surface area contributed by atoms with Crippen LogP contribution in [-0.4, -0.2) is 31.8 Å². The Kier molecular flexibility index (Phi) is 10.0. The minimum atomic E-state index is 0. The highest BCUT2D eigenvalue weighted by Crippen LogP contribution is 2.23. The molecule has 0 radical (unpaired) electrons. The molecular weight excluding hydrogens is 529 g/mol. The number of hydrogen-bond donors (Lipinski definition) is 2. The summed E-state index contributed by atoms with van der Waals surface area (Å²) in [5.41, 5.74) is 3.25. The number of guanidine groups is 1. The van der Waals surface area contributed by atoms with Gasteiger partial charge in [-0.3, -0.25) is 0 Å². The maximum absolute atomic E-state index is 6.01. The van der Waals surface area contributed by atoms with Gasteiger partial charge in [0, 0.05) is 25.1 Å². The second kappa shape index (κ2) is 13.0. The monoisotopic (exact) mass is 563 g/mol. The number of para-hydroxylation sites is 1. The third kappa shape index (κ3) is 7.45. The molecule has 178 valence electrons. The number of fused-ring (bicyclic) bond motifs is 1. The van der Waals surface area contributed by atoms with Crippen LogP contribution < -0.4 is 10.6 Å². The number of nitrogens with one attached hydrogen (secondary N) is 2. The predicted octanol–water partition coefficient (Wildman–Crippen LogP) is 5.56. The standard InChI is InChI=1S/C26H33N3O3.HI/c1-3-27-26(29-19(2)25-16-22-6-4-5-7-24(22)32-25)28-17-20-8-10-21(11-9-20)18-31-23-12-14-30-15-13-23;/h4-11,16,19,23H,3,12-15,17-18H2,1-2H3,(H2,27,28,29);1H. The normalized spacial score (nSPS) is 15.8. The van der Waals surface area contributed by atoms with Gasteiger partial charge in [0.2, 0.25) is 0 Å². The van der Waals surface area contributed by atoms with Gasteiger partial charge in [0.15, 0.2) is 5.96 Å². The van der Waals surface area contributed by atoms with E-state index in [0.29, 0.717) is 19.3 Å². The van der Waals surface area contributed by atoms with Crippen molar-refractivity contribution in [2.75, 3.05) is 19.8 Å². The topological polar surface area (TPSA) is 68.0 Å². The summed E-state index contributed by atoms with van der Waals surface area (Å²) in [7, 11) is 0. The van der Waals surface area contributed by atoms with Gasteiger partial charge in [-0.15, -0.1) is 24.0 Å². The van der Waals surface area contributed by atoms with Crippen LogP contribution in [0.3, 0.4) is 0 Å². The third-order valence-corrected chi connectivity index (χ3v) is 5.67. The molecule has 33 heavy (non-hydrogen) atoms. The Morgan fingerprint density at radius 3 is 2.55 bits per heavy atom. The lowest BCUT2D eigenvalue weighted by molar-refractivity contribution is -0.0390. The minimum absolute atomic E-state index is 0. The molecule has 1 atom stereocenters. The molecule has 1 aliphatic heterocycles. The quantitative estimate of drug-likeness (QED) is 0.213. The van der Waals surface area contributed by atoms with Crippen molar-refractivity contribution in [2.24, 2.45) is 4.99 Å². The third-order valence-electron chi connectivity index (χ3n) is 5.67. The van der Waals surface area contributed by atoms with Gasteiger partial charge in [-0.2, -0.15) is 0 Å².